The van der Waals surface area contributed by atoms with E-state index in [1.54, 1.807) is 43.6 Å². The van der Waals surface area contributed by atoms with Crippen LogP contribution in [0.25, 0.3) is 11.7 Å². The number of hydrogen-bond donors (Lipinski definition) is 1. The molecule has 0 aliphatic heterocycles. The zero-order valence-electron chi connectivity index (χ0n) is 18.0. The molecule has 0 fully saturated rings. The maximum absolute atomic E-state index is 13.2. The molecule has 0 atom stereocenters. The molecule has 2 heterocycles. The second kappa shape index (κ2) is 10.9. The molecule has 0 spiro atoms. The molecule has 32 heavy (non-hydrogen) atoms. The molecule has 0 saturated carbocycles. The van der Waals surface area contributed by atoms with Crippen LogP contribution in [0.2, 0.25) is 0 Å². The molecule has 164 valence electrons. The van der Waals surface area contributed by atoms with E-state index in [0.29, 0.717) is 31.0 Å². The van der Waals surface area contributed by atoms with Crippen LogP contribution in [0.1, 0.15) is 24.5 Å². The van der Waals surface area contributed by atoms with Gasteiger partial charge in [-0.05, 0) is 48.7 Å². The fraction of sp³-hybridized carbons (Fsp3) is 0.250. The van der Waals surface area contributed by atoms with Crippen molar-refractivity contribution < 1.29 is 14.3 Å². The molecular weight excluding hydrogens is 408 g/mol. The number of aryl methyl sites for hydroxylation is 1. The molecule has 0 unspecified atom stereocenters. The topological polar surface area (TPSA) is 106 Å². The summed E-state index contributed by atoms with van der Waals surface area (Å²) in [6.45, 7) is 2.87. The highest BCUT2D eigenvalue weighted by atomic mass is 16.5. The van der Waals surface area contributed by atoms with Gasteiger partial charge in [0, 0.05) is 26.5 Å². The molecule has 3 aromatic rings. The number of methoxy groups -OCH3 is 1. The largest absolute Gasteiger partial charge is 0.438 e. The SMILES string of the molecule is CCc1ccc(Oc2nc3ccccn3c(=O)c2/C=C(\C#N)C(=O)NCCCOC)cc1. The lowest BCUT2D eigenvalue weighted by Crippen LogP contribution is -2.27. The van der Waals surface area contributed by atoms with Crippen molar-refractivity contribution >= 4 is 17.6 Å². The van der Waals surface area contributed by atoms with Gasteiger partial charge in [0.05, 0.1) is 0 Å². The standard InChI is InChI=1S/C24H24N4O4/c1-3-17-8-10-19(11-9-17)32-23-20(24(30)28-13-5-4-7-21(28)27-23)15-18(16-25)22(29)26-12-6-14-31-2/h4-5,7-11,13,15H,3,6,12,14H2,1-2H3,(H,26,29)/b18-15+. The van der Waals surface area contributed by atoms with Crippen molar-refractivity contribution in [2.24, 2.45) is 0 Å². The summed E-state index contributed by atoms with van der Waals surface area (Å²) < 4.78 is 12.2. The number of nitrogens with zero attached hydrogens (tertiary/aromatic N) is 3. The quantitative estimate of drug-likeness (QED) is 0.316. The predicted molar refractivity (Wildman–Crippen MR) is 120 cm³/mol. The van der Waals surface area contributed by atoms with Crippen molar-refractivity contribution in [2.75, 3.05) is 20.3 Å². The number of nitriles is 1. The van der Waals surface area contributed by atoms with Crippen LogP contribution in [0.4, 0.5) is 0 Å². The van der Waals surface area contributed by atoms with Crippen molar-refractivity contribution in [3.8, 4) is 17.7 Å². The summed E-state index contributed by atoms with van der Waals surface area (Å²) in [6, 6.07) is 14.4. The molecular formula is C24H24N4O4. The summed E-state index contributed by atoms with van der Waals surface area (Å²) >= 11 is 0. The van der Waals surface area contributed by atoms with Crippen LogP contribution in [0, 0.1) is 11.3 Å². The smallest absolute Gasteiger partial charge is 0.269 e. The van der Waals surface area contributed by atoms with Crippen molar-refractivity contribution in [3.63, 3.8) is 0 Å². The highest BCUT2D eigenvalue weighted by molar-refractivity contribution is 6.01. The molecule has 1 N–H and O–H groups in total. The van der Waals surface area contributed by atoms with Gasteiger partial charge in [0.15, 0.2) is 0 Å². The van der Waals surface area contributed by atoms with Gasteiger partial charge in [-0.15, -0.1) is 0 Å². The summed E-state index contributed by atoms with van der Waals surface area (Å²) in [5.41, 5.74) is 0.870. The number of hydrogen-bond acceptors (Lipinski definition) is 6. The fourth-order valence-corrected chi connectivity index (χ4v) is 3.00. The van der Waals surface area contributed by atoms with Gasteiger partial charge in [-0.2, -0.15) is 10.2 Å². The number of rotatable bonds is 9. The Morgan fingerprint density at radius 1 is 1.25 bits per heavy atom. The second-order valence-electron chi connectivity index (χ2n) is 6.94. The molecule has 2 aromatic heterocycles. The molecule has 0 saturated heterocycles. The van der Waals surface area contributed by atoms with Gasteiger partial charge in [0.25, 0.3) is 11.5 Å². The van der Waals surface area contributed by atoms with E-state index >= 15 is 0 Å². The zero-order valence-corrected chi connectivity index (χ0v) is 18.0. The highest BCUT2D eigenvalue weighted by Gasteiger charge is 2.17. The predicted octanol–water partition coefficient (Wildman–Crippen LogP) is 3.11. The average Bonchev–Trinajstić information content (AvgIpc) is 2.82. The number of aromatic nitrogens is 2. The Bertz CT molecular complexity index is 1220. The fourth-order valence-electron chi connectivity index (χ4n) is 3.00. The van der Waals surface area contributed by atoms with E-state index in [1.165, 1.54) is 10.5 Å². The molecule has 8 nitrogen and oxygen atoms in total. The molecule has 1 amide bonds. The number of ether oxygens (including phenoxy) is 2. The number of amides is 1. The third-order valence-electron chi connectivity index (χ3n) is 4.74. The van der Waals surface area contributed by atoms with Gasteiger partial charge in [-0.1, -0.05) is 25.1 Å². The van der Waals surface area contributed by atoms with Crippen LogP contribution in [0.5, 0.6) is 11.6 Å². The number of pyridine rings is 1. The second-order valence-corrected chi connectivity index (χ2v) is 6.94. The zero-order chi connectivity index (χ0) is 22.9. The Labute approximate surface area is 185 Å². The minimum Gasteiger partial charge on any atom is -0.438 e. The molecule has 8 heteroatoms. The first kappa shape index (κ1) is 22.7. The summed E-state index contributed by atoms with van der Waals surface area (Å²) in [6.07, 6.45) is 4.27. The van der Waals surface area contributed by atoms with Gasteiger partial charge in [0.2, 0.25) is 5.88 Å². The van der Waals surface area contributed by atoms with Crippen LogP contribution in [0.15, 0.2) is 59.0 Å². The van der Waals surface area contributed by atoms with Gasteiger partial charge >= 0.3 is 0 Å². The van der Waals surface area contributed by atoms with Crippen LogP contribution in [-0.4, -0.2) is 35.6 Å². The van der Waals surface area contributed by atoms with E-state index < -0.39 is 11.5 Å². The third kappa shape index (κ3) is 5.39. The molecule has 0 aliphatic rings. The lowest BCUT2D eigenvalue weighted by molar-refractivity contribution is -0.117. The van der Waals surface area contributed by atoms with E-state index in [-0.39, 0.29) is 17.0 Å². The van der Waals surface area contributed by atoms with Crippen molar-refractivity contribution in [2.45, 2.75) is 19.8 Å². The molecule has 0 aliphatic carbocycles. The number of carbonyl (C=O) groups excluding carboxylic acids is 1. The Balaban J connectivity index is 2.02. The molecule has 3 rings (SSSR count). The minimum absolute atomic E-state index is 0.0110. The first-order chi connectivity index (χ1) is 15.6. The first-order valence-electron chi connectivity index (χ1n) is 10.2. The maximum atomic E-state index is 13.2. The molecule has 1 aromatic carbocycles. The Kier molecular flexibility index (Phi) is 7.73. The van der Waals surface area contributed by atoms with Crippen molar-refractivity contribution in [1.29, 1.82) is 5.26 Å². The summed E-state index contributed by atoms with van der Waals surface area (Å²) in [5, 5.41) is 12.2. The van der Waals surface area contributed by atoms with Crippen molar-refractivity contribution in [3.05, 3.63) is 75.7 Å². The van der Waals surface area contributed by atoms with Gasteiger partial charge in [-0.3, -0.25) is 14.0 Å². The van der Waals surface area contributed by atoms with Crippen LogP contribution in [-0.2, 0) is 16.0 Å². The van der Waals surface area contributed by atoms with Gasteiger partial charge < -0.3 is 14.8 Å². The number of carbonyl (C=O) groups is 1. The number of nitrogens with one attached hydrogen (secondary N) is 1. The summed E-state index contributed by atoms with van der Waals surface area (Å²) in [7, 11) is 1.57. The van der Waals surface area contributed by atoms with Crippen LogP contribution in [0.3, 0.4) is 0 Å². The molecule has 0 bridgehead atoms. The normalized spacial score (nSPS) is 11.2. The summed E-state index contributed by atoms with van der Waals surface area (Å²) in [4.78, 5) is 30.0. The van der Waals surface area contributed by atoms with Crippen LogP contribution < -0.4 is 15.6 Å². The Morgan fingerprint density at radius 2 is 2.03 bits per heavy atom. The van der Waals surface area contributed by atoms with E-state index in [2.05, 4.69) is 10.3 Å². The van der Waals surface area contributed by atoms with Gasteiger partial charge in [-0.25, -0.2) is 0 Å². The lowest BCUT2D eigenvalue weighted by Gasteiger charge is -2.11. The Hall–Kier alpha value is -3.96. The minimum atomic E-state index is -0.584. The Morgan fingerprint density at radius 3 is 2.72 bits per heavy atom. The average molecular weight is 432 g/mol. The van der Waals surface area contributed by atoms with E-state index in [9.17, 15) is 14.9 Å². The van der Waals surface area contributed by atoms with E-state index in [0.717, 1.165) is 12.0 Å². The monoisotopic (exact) mass is 432 g/mol. The highest BCUT2D eigenvalue weighted by Crippen LogP contribution is 2.24. The van der Waals surface area contributed by atoms with Crippen molar-refractivity contribution in [1.82, 2.24) is 14.7 Å². The maximum Gasteiger partial charge on any atom is 0.269 e. The van der Waals surface area contributed by atoms with Crippen LogP contribution >= 0.6 is 0 Å². The van der Waals surface area contributed by atoms with Gasteiger partial charge in [0.1, 0.15) is 28.6 Å². The number of benzene rings is 1. The third-order valence-corrected chi connectivity index (χ3v) is 4.74. The van der Waals surface area contributed by atoms with E-state index in [4.69, 9.17) is 9.47 Å². The molecule has 0 radical (unpaired) electrons. The number of fused-ring (bicyclic) bond motifs is 1. The lowest BCUT2D eigenvalue weighted by atomic mass is 10.1. The summed E-state index contributed by atoms with van der Waals surface area (Å²) in [5.74, 6) is -0.0728. The first-order valence-corrected chi connectivity index (χ1v) is 10.2. The van der Waals surface area contributed by atoms with E-state index in [1.807, 2.05) is 25.1 Å².